The fourth-order valence-electron chi connectivity index (χ4n) is 3.08. The Bertz CT molecular complexity index is 901. The van der Waals surface area contributed by atoms with Gasteiger partial charge in [0.1, 0.15) is 0 Å². The lowest BCUT2D eigenvalue weighted by Crippen LogP contribution is -2.47. The summed E-state index contributed by atoms with van der Waals surface area (Å²) in [6, 6.07) is 8.57. The first-order chi connectivity index (χ1) is 14.4. The van der Waals surface area contributed by atoms with Crippen molar-refractivity contribution >= 4 is 29.5 Å². The molecule has 1 aromatic heterocycles. The maximum atomic E-state index is 12.2. The van der Waals surface area contributed by atoms with Crippen LogP contribution in [0.5, 0.6) is 0 Å². The average Bonchev–Trinajstić information content (AvgIpc) is 3.42. The van der Waals surface area contributed by atoms with Crippen LogP contribution in [0.4, 0.5) is 10.5 Å². The third kappa shape index (κ3) is 5.69. The van der Waals surface area contributed by atoms with Gasteiger partial charge in [0.05, 0.1) is 11.8 Å². The zero-order valence-electron chi connectivity index (χ0n) is 16.5. The highest BCUT2D eigenvalue weighted by Crippen LogP contribution is 2.17. The van der Waals surface area contributed by atoms with Crippen molar-refractivity contribution in [1.82, 2.24) is 10.6 Å². The third-order valence-electron chi connectivity index (χ3n) is 4.70. The normalized spacial score (nSPS) is 14.6. The van der Waals surface area contributed by atoms with Crippen LogP contribution in [0.25, 0.3) is 0 Å². The van der Waals surface area contributed by atoms with E-state index in [-0.39, 0.29) is 17.4 Å². The Hall–Kier alpha value is -3.62. The number of furan rings is 1. The molecular formula is C21H23N3O6. The molecular weight excluding hydrogens is 390 g/mol. The predicted molar refractivity (Wildman–Crippen MR) is 107 cm³/mol. The van der Waals surface area contributed by atoms with E-state index >= 15 is 0 Å². The Morgan fingerprint density at radius 2 is 1.77 bits per heavy atom. The van der Waals surface area contributed by atoms with Gasteiger partial charge in [0.25, 0.3) is 11.8 Å². The molecule has 1 heterocycles. The molecule has 4 amide bonds. The lowest BCUT2D eigenvalue weighted by molar-refractivity contribution is -0.127. The Labute approximate surface area is 173 Å². The number of esters is 1. The first-order valence-corrected chi connectivity index (χ1v) is 9.69. The van der Waals surface area contributed by atoms with Gasteiger partial charge in [0.15, 0.2) is 11.9 Å². The second-order valence-corrected chi connectivity index (χ2v) is 7.00. The van der Waals surface area contributed by atoms with Gasteiger partial charge in [-0.05, 0) is 56.2 Å². The summed E-state index contributed by atoms with van der Waals surface area (Å²) in [5.74, 6) is -1.69. The number of ether oxygens (including phenoxy) is 1. The van der Waals surface area contributed by atoms with Gasteiger partial charge >= 0.3 is 12.0 Å². The van der Waals surface area contributed by atoms with Crippen LogP contribution in [0.1, 0.15) is 53.5 Å². The number of carbonyl (C=O) groups is 4. The van der Waals surface area contributed by atoms with Crippen LogP contribution in [0.15, 0.2) is 47.1 Å². The third-order valence-corrected chi connectivity index (χ3v) is 4.70. The Balaban J connectivity index is 1.47. The average molecular weight is 413 g/mol. The standard InChI is InChI=1S/C21H23N3O6/c1-13(18(25)24-21(28)23-15-5-2-3-6-15)30-20(27)14-8-10-16(11-9-14)22-19(26)17-7-4-12-29-17/h4,7-13,15H,2-3,5-6H2,1H3,(H,22,26)(H2,23,24,25,28)/t13-/m1/s1. The van der Waals surface area contributed by atoms with E-state index in [1.807, 2.05) is 0 Å². The molecule has 0 bridgehead atoms. The highest BCUT2D eigenvalue weighted by atomic mass is 16.5. The summed E-state index contributed by atoms with van der Waals surface area (Å²) >= 11 is 0. The van der Waals surface area contributed by atoms with Crippen LogP contribution in [-0.4, -0.2) is 36.0 Å². The van der Waals surface area contributed by atoms with Crippen molar-refractivity contribution in [2.45, 2.75) is 44.8 Å². The molecule has 0 aliphatic heterocycles. The van der Waals surface area contributed by atoms with E-state index in [0.29, 0.717) is 5.69 Å². The van der Waals surface area contributed by atoms with Gasteiger partial charge in [-0.3, -0.25) is 14.9 Å². The molecule has 3 N–H and O–H groups in total. The zero-order valence-corrected chi connectivity index (χ0v) is 16.5. The largest absolute Gasteiger partial charge is 0.459 e. The monoisotopic (exact) mass is 413 g/mol. The summed E-state index contributed by atoms with van der Waals surface area (Å²) in [4.78, 5) is 48.1. The number of hydrogen-bond acceptors (Lipinski definition) is 6. The molecule has 3 rings (SSSR count). The van der Waals surface area contributed by atoms with Gasteiger partial charge in [0.2, 0.25) is 0 Å². The molecule has 1 aliphatic carbocycles. The van der Waals surface area contributed by atoms with E-state index in [4.69, 9.17) is 9.15 Å². The molecule has 1 aliphatic rings. The van der Waals surface area contributed by atoms with Crippen LogP contribution in [0, 0.1) is 0 Å². The van der Waals surface area contributed by atoms with Crippen LogP contribution in [0.2, 0.25) is 0 Å². The molecule has 0 saturated heterocycles. The van der Waals surface area contributed by atoms with E-state index in [1.54, 1.807) is 6.07 Å². The number of hydrogen-bond donors (Lipinski definition) is 3. The summed E-state index contributed by atoms with van der Waals surface area (Å²) in [7, 11) is 0. The maximum absolute atomic E-state index is 12.2. The molecule has 30 heavy (non-hydrogen) atoms. The van der Waals surface area contributed by atoms with E-state index < -0.39 is 29.9 Å². The lowest BCUT2D eigenvalue weighted by Gasteiger charge is -2.15. The number of carbonyl (C=O) groups excluding carboxylic acids is 4. The van der Waals surface area contributed by atoms with Gasteiger partial charge in [-0.2, -0.15) is 0 Å². The van der Waals surface area contributed by atoms with Crippen molar-refractivity contribution in [2.75, 3.05) is 5.32 Å². The molecule has 0 unspecified atom stereocenters. The summed E-state index contributed by atoms with van der Waals surface area (Å²) in [5.41, 5.74) is 0.656. The van der Waals surface area contributed by atoms with Crippen molar-refractivity contribution in [3.8, 4) is 0 Å². The number of imide groups is 1. The second kappa shape index (κ2) is 9.73. The first-order valence-electron chi connectivity index (χ1n) is 9.69. The van der Waals surface area contributed by atoms with Crippen molar-refractivity contribution in [3.05, 3.63) is 54.0 Å². The molecule has 158 valence electrons. The SMILES string of the molecule is C[C@@H](OC(=O)c1ccc(NC(=O)c2ccco2)cc1)C(=O)NC(=O)NC1CCCC1. The molecule has 2 aromatic rings. The minimum Gasteiger partial charge on any atom is -0.459 e. The van der Waals surface area contributed by atoms with Crippen LogP contribution in [0.3, 0.4) is 0 Å². The summed E-state index contributed by atoms with van der Waals surface area (Å²) in [5, 5.41) is 7.54. The minimum absolute atomic E-state index is 0.0717. The number of rotatable bonds is 6. The maximum Gasteiger partial charge on any atom is 0.338 e. The van der Waals surface area contributed by atoms with Gasteiger partial charge < -0.3 is 19.8 Å². The number of benzene rings is 1. The summed E-state index contributed by atoms with van der Waals surface area (Å²) < 4.78 is 10.1. The fourth-order valence-corrected chi connectivity index (χ4v) is 3.08. The number of urea groups is 1. The van der Waals surface area contributed by atoms with Crippen molar-refractivity contribution in [2.24, 2.45) is 0 Å². The number of nitrogens with one attached hydrogen (secondary N) is 3. The summed E-state index contributed by atoms with van der Waals surface area (Å²) in [6.45, 7) is 1.38. The molecule has 1 fully saturated rings. The molecule has 1 atom stereocenters. The van der Waals surface area contributed by atoms with Crippen molar-refractivity contribution in [1.29, 1.82) is 0 Å². The number of anilines is 1. The van der Waals surface area contributed by atoms with E-state index in [2.05, 4.69) is 16.0 Å². The zero-order chi connectivity index (χ0) is 21.5. The fraction of sp³-hybridized carbons (Fsp3) is 0.333. The van der Waals surface area contributed by atoms with Crippen LogP contribution < -0.4 is 16.0 Å². The molecule has 0 spiro atoms. The Morgan fingerprint density at radius 3 is 2.40 bits per heavy atom. The first kappa shape index (κ1) is 21.1. The van der Waals surface area contributed by atoms with Crippen molar-refractivity contribution < 1.29 is 28.3 Å². The van der Waals surface area contributed by atoms with Crippen LogP contribution in [-0.2, 0) is 9.53 Å². The minimum atomic E-state index is -1.15. The highest BCUT2D eigenvalue weighted by Gasteiger charge is 2.23. The Kier molecular flexibility index (Phi) is 6.84. The molecule has 9 heteroatoms. The van der Waals surface area contributed by atoms with E-state index in [0.717, 1.165) is 25.7 Å². The quantitative estimate of drug-likeness (QED) is 0.625. The van der Waals surface area contributed by atoms with E-state index in [1.165, 1.54) is 43.5 Å². The van der Waals surface area contributed by atoms with Gasteiger partial charge in [0, 0.05) is 11.7 Å². The Morgan fingerprint density at radius 1 is 1.07 bits per heavy atom. The lowest BCUT2D eigenvalue weighted by atomic mass is 10.2. The van der Waals surface area contributed by atoms with E-state index in [9.17, 15) is 19.2 Å². The molecule has 0 radical (unpaired) electrons. The van der Waals surface area contributed by atoms with Crippen molar-refractivity contribution in [3.63, 3.8) is 0 Å². The van der Waals surface area contributed by atoms with Crippen LogP contribution >= 0.6 is 0 Å². The van der Waals surface area contributed by atoms with Gasteiger partial charge in [-0.15, -0.1) is 0 Å². The second-order valence-electron chi connectivity index (χ2n) is 7.00. The molecule has 1 aromatic carbocycles. The summed E-state index contributed by atoms with van der Waals surface area (Å²) in [6.07, 6.45) is 4.14. The predicted octanol–water partition coefficient (Wildman–Crippen LogP) is 2.85. The number of amides is 4. The van der Waals surface area contributed by atoms with Gasteiger partial charge in [-0.1, -0.05) is 12.8 Å². The highest BCUT2D eigenvalue weighted by molar-refractivity contribution is 6.02. The smallest absolute Gasteiger partial charge is 0.338 e. The molecule has 9 nitrogen and oxygen atoms in total. The topological polar surface area (TPSA) is 127 Å². The molecule has 1 saturated carbocycles. The van der Waals surface area contributed by atoms with Gasteiger partial charge in [-0.25, -0.2) is 9.59 Å².